The number of likely N-dealkylation sites (tertiary alicyclic amines) is 1. The summed E-state index contributed by atoms with van der Waals surface area (Å²) < 4.78 is 9.63. The lowest BCUT2D eigenvalue weighted by Crippen LogP contribution is -2.41. The molecule has 0 saturated carbocycles. The van der Waals surface area contributed by atoms with Gasteiger partial charge in [0.1, 0.15) is 0 Å². The number of methoxy groups -OCH3 is 1. The summed E-state index contributed by atoms with van der Waals surface area (Å²) in [6.45, 7) is 8.41. The normalized spacial score (nSPS) is 18.6. The van der Waals surface area contributed by atoms with Crippen LogP contribution in [0, 0.1) is 11.3 Å². The van der Waals surface area contributed by atoms with Crippen molar-refractivity contribution in [3.05, 3.63) is 0 Å². The Morgan fingerprint density at radius 1 is 1.31 bits per heavy atom. The SMILES string of the molecule is COCOC(=O)N1CCC(C(C)(C)C)CC1. The minimum Gasteiger partial charge on any atom is -0.422 e. The summed E-state index contributed by atoms with van der Waals surface area (Å²) in [5.74, 6) is 0.693. The van der Waals surface area contributed by atoms with Gasteiger partial charge in [0, 0.05) is 20.2 Å². The van der Waals surface area contributed by atoms with E-state index in [0.29, 0.717) is 11.3 Å². The predicted octanol–water partition coefficient (Wildman–Crippen LogP) is 2.49. The smallest absolute Gasteiger partial charge is 0.411 e. The van der Waals surface area contributed by atoms with Crippen LogP contribution < -0.4 is 0 Å². The first-order valence-electron chi connectivity index (χ1n) is 5.86. The summed E-state index contributed by atoms with van der Waals surface area (Å²) in [6, 6.07) is 0. The van der Waals surface area contributed by atoms with Crippen molar-refractivity contribution < 1.29 is 14.3 Å². The molecular formula is C12H23NO3. The van der Waals surface area contributed by atoms with E-state index in [-0.39, 0.29) is 12.9 Å². The zero-order valence-corrected chi connectivity index (χ0v) is 10.8. The summed E-state index contributed by atoms with van der Waals surface area (Å²) in [7, 11) is 1.51. The highest BCUT2D eigenvalue weighted by molar-refractivity contribution is 5.67. The Morgan fingerprint density at radius 2 is 1.88 bits per heavy atom. The molecule has 0 atom stereocenters. The molecule has 0 bridgehead atoms. The van der Waals surface area contributed by atoms with Crippen LogP contribution in [0.4, 0.5) is 4.79 Å². The molecule has 1 fully saturated rings. The van der Waals surface area contributed by atoms with Crippen LogP contribution in [0.2, 0.25) is 0 Å². The second kappa shape index (κ2) is 5.53. The number of rotatable bonds is 2. The molecular weight excluding hydrogens is 206 g/mol. The van der Waals surface area contributed by atoms with E-state index in [1.807, 2.05) is 0 Å². The van der Waals surface area contributed by atoms with Crippen molar-refractivity contribution >= 4 is 6.09 Å². The monoisotopic (exact) mass is 229 g/mol. The van der Waals surface area contributed by atoms with Crippen molar-refractivity contribution in [3.63, 3.8) is 0 Å². The van der Waals surface area contributed by atoms with E-state index in [4.69, 9.17) is 9.47 Å². The van der Waals surface area contributed by atoms with E-state index >= 15 is 0 Å². The minimum atomic E-state index is -0.255. The molecule has 1 heterocycles. The number of amides is 1. The van der Waals surface area contributed by atoms with Crippen molar-refractivity contribution in [1.29, 1.82) is 0 Å². The van der Waals surface area contributed by atoms with Gasteiger partial charge < -0.3 is 14.4 Å². The molecule has 1 aliphatic heterocycles. The molecule has 0 N–H and O–H groups in total. The highest BCUT2D eigenvalue weighted by Gasteiger charge is 2.30. The first-order chi connectivity index (χ1) is 7.45. The third kappa shape index (κ3) is 3.67. The van der Waals surface area contributed by atoms with Gasteiger partial charge in [-0.1, -0.05) is 20.8 Å². The molecule has 1 rings (SSSR count). The molecule has 4 nitrogen and oxygen atoms in total. The van der Waals surface area contributed by atoms with E-state index in [9.17, 15) is 4.79 Å². The number of hydrogen-bond acceptors (Lipinski definition) is 3. The van der Waals surface area contributed by atoms with Gasteiger partial charge in [0.25, 0.3) is 0 Å². The standard InChI is InChI=1S/C12H23NO3/c1-12(2,3)10-5-7-13(8-6-10)11(14)16-9-15-4/h10H,5-9H2,1-4H3. The molecule has 94 valence electrons. The van der Waals surface area contributed by atoms with Gasteiger partial charge in [-0.2, -0.15) is 0 Å². The Balaban J connectivity index is 2.34. The van der Waals surface area contributed by atoms with Gasteiger partial charge in [0.2, 0.25) is 0 Å². The number of carbonyl (C=O) groups is 1. The van der Waals surface area contributed by atoms with Gasteiger partial charge in [0.15, 0.2) is 6.79 Å². The quantitative estimate of drug-likeness (QED) is 0.683. The number of ether oxygens (including phenoxy) is 2. The molecule has 1 saturated heterocycles. The van der Waals surface area contributed by atoms with E-state index < -0.39 is 0 Å². The lowest BCUT2D eigenvalue weighted by atomic mass is 9.75. The van der Waals surface area contributed by atoms with Crippen LogP contribution in [0.3, 0.4) is 0 Å². The maximum absolute atomic E-state index is 11.5. The van der Waals surface area contributed by atoms with Crippen LogP contribution in [-0.2, 0) is 9.47 Å². The van der Waals surface area contributed by atoms with Gasteiger partial charge in [-0.05, 0) is 24.2 Å². The molecule has 0 spiro atoms. The average Bonchev–Trinajstić information content (AvgIpc) is 2.25. The summed E-state index contributed by atoms with van der Waals surface area (Å²) in [6.07, 6.45) is 1.87. The van der Waals surface area contributed by atoms with Gasteiger partial charge in [-0.25, -0.2) is 4.79 Å². The van der Waals surface area contributed by atoms with Crippen molar-refractivity contribution in [2.75, 3.05) is 27.0 Å². The van der Waals surface area contributed by atoms with Crippen LogP contribution in [0.15, 0.2) is 0 Å². The van der Waals surface area contributed by atoms with Crippen LogP contribution in [0.5, 0.6) is 0 Å². The number of hydrogen-bond donors (Lipinski definition) is 0. The second-order valence-electron chi connectivity index (χ2n) is 5.44. The Bertz CT molecular complexity index is 227. The maximum atomic E-state index is 11.5. The molecule has 0 radical (unpaired) electrons. The van der Waals surface area contributed by atoms with E-state index in [1.54, 1.807) is 4.90 Å². The first kappa shape index (κ1) is 13.3. The Hall–Kier alpha value is -0.770. The van der Waals surface area contributed by atoms with Crippen molar-refractivity contribution in [2.45, 2.75) is 33.6 Å². The van der Waals surface area contributed by atoms with Crippen molar-refractivity contribution in [2.24, 2.45) is 11.3 Å². The van der Waals surface area contributed by atoms with Crippen molar-refractivity contribution in [3.8, 4) is 0 Å². The molecule has 0 aromatic heterocycles. The van der Waals surface area contributed by atoms with Gasteiger partial charge in [-0.3, -0.25) is 0 Å². The van der Waals surface area contributed by atoms with Crippen LogP contribution in [0.1, 0.15) is 33.6 Å². The highest BCUT2D eigenvalue weighted by atomic mass is 16.7. The fourth-order valence-corrected chi connectivity index (χ4v) is 2.13. The summed E-state index contributed by atoms with van der Waals surface area (Å²) in [5, 5.41) is 0. The second-order valence-corrected chi connectivity index (χ2v) is 5.44. The largest absolute Gasteiger partial charge is 0.422 e. The fourth-order valence-electron chi connectivity index (χ4n) is 2.13. The van der Waals surface area contributed by atoms with E-state index in [2.05, 4.69) is 20.8 Å². The van der Waals surface area contributed by atoms with E-state index in [0.717, 1.165) is 25.9 Å². The molecule has 0 aromatic carbocycles. The molecule has 4 heteroatoms. The van der Waals surface area contributed by atoms with Crippen LogP contribution in [0.25, 0.3) is 0 Å². The number of carbonyl (C=O) groups excluding carboxylic acids is 1. The van der Waals surface area contributed by atoms with Gasteiger partial charge in [0.05, 0.1) is 0 Å². The lowest BCUT2D eigenvalue weighted by Gasteiger charge is -2.38. The zero-order valence-electron chi connectivity index (χ0n) is 10.8. The molecule has 1 amide bonds. The molecule has 0 aliphatic carbocycles. The Labute approximate surface area is 97.9 Å². The summed E-state index contributed by atoms with van der Waals surface area (Å²) >= 11 is 0. The fraction of sp³-hybridized carbons (Fsp3) is 0.917. The Kier molecular flexibility index (Phi) is 4.59. The molecule has 1 aliphatic rings. The average molecular weight is 229 g/mol. The van der Waals surface area contributed by atoms with E-state index in [1.165, 1.54) is 7.11 Å². The molecule has 0 aromatic rings. The minimum absolute atomic E-state index is 0.0397. The summed E-state index contributed by atoms with van der Waals surface area (Å²) in [4.78, 5) is 13.3. The van der Waals surface area contributed by atoms with Crippen LogP contribution >= 0.6 is 0 Å². The van der Waals surface area contributed by atoms with Gasteiger partial charge in [-0.15, -0.1) is 0 Å². The number of piperidine rings is 1. The van der Waals surface area contributed by atoms with Crippen molar-refractivity contribution in [1.82, 2.24) is 4.90 Å². The summed E-state index contributed by atoms with van der Waals surface area (Å²) in [5.41, 5.74) is 0.336. The van der Waals surface area contributed by atoms with Gasteiger partial charge >= 0.3 is 6.09 Å². The maximum Gasteiger partial charge on any atom is 0.411 e. The zero-order chi connectivity index (χ0) is 12.2. The van der Waals surface area contributed by atoms with Crippen LogP contribution in [-0.4, -0.2) is 38.0 Å². The third-order valence-corrected chi connectivity index (χ3v) is 3.28. The topological polar surface area (TPSA) is 38.8 Å². The highest BCUT2D eigenvalue weighted by Crippen LogP contribution is 2.34. The molecule has 0 unspecified atom stereocenters. The molecule has 16 heavy (non-hydrogen) atoms. The number of nitrogens with zero attached hydrogens (tertiary/aromatic N) is 1. The predicted molar refractivity (Wildman–Crippen MR) is 62.1 cm³/mol. The lowest BCUT2D eigenvalue weighted by molar-refractivity contribution is -0.0109. The first-order valence-corrected chi connectivity index (χ1v) is 5.86. The third-order valence-electron chi connectivity index (χ3n) is 3.28. The Morgan fingerprint density at radius 3 is 2.31 bits per heavy atom.